The van der Waals surface area contributed by atoms with Crippen LogP contribution in [0.25, 0.3) is 21.1 Å². The minimum absolute atomic E-state index is 0.0960. The van der Waals surface area contributed by atoms with E-state index in [0.717, 1.165) is 21.1 Å². The molecule has 6 nitrogen and oxygen atoms in total. The highest BCUT2D eigenvalue weighted by Gasteiger charge is 2.11. The zero-order chi connectivity index (χ0) is 17.1. The summed E-state index contributed by atoms with van der Waals surface area (Å²) >= 11 is 2.79. The number of thiazole rings is 2. The topological polar surface area (TPSA) is 100 Å². The van der Waals surface area contributed by atoms with Crippen LogP contribution in [0.15, 0.2) is 35.0 Å². The quantitative estimate of drug-likeness (QED) is 0.700. The molecule has 0 aliphatic rings. The maximum absolute atomic E-state index is 10.7. The van der Waals surface area contributed by atoms with Crippen LogP contribution >= 0.6 is 22.7 Å². The van der Waals surface area contributed by atoms with Gasteiger partial charge in [-0.25, -0.2) is 9.97 Å². The molecule has 24 heavy (non-hydrogen) atoms. The van der Waals surface area contributed by atoms with Crippen molar-refractivity contribution in [2.24, 2.45) is 0 Å². The van der Waals surface area contributed by atoms with Crippen molar-refractivity contribution in [3.63, 3.8) is 0 Å². The Kier molecular flexibility index (Phi) is 4.68. The predicted molar refractivity (Wildman–Crippen MR) is 91.3 cm³/mol. The molecule has 0 aliphatic carbocycles. The van der Waals surface area contributed by atoms with E-state index in [-0.39, 0.29) is 12.8 Å². The molecule has 0 unspecified atom stereocenters. The molecule has 0 bridgehead atoms. The fourth-order valence-electron chi connectivity index (χ4n) is 2.14. The minimum Gasteiger partial charge on any atom is -0.481 e. The zero-order valence-corrected chi connectivity index (χ0v) is 13.9. The van der Waals surface area contributed by atoms with Crippen LogP contribution < -0.4 is 0 Å². The third-order valence-corrected chi connectivity index (χ3v) is 5.01. The van der Waals surface area contributed by atoms with Crippen LogP contribution in [0.1, 0.15) is 11.4 Å². The first-order valence-corrected chi connectivity index (χ1v) is 8.70. The minimum atomic E-state index is -0.908. The number of rotatable bonds is 6. The van der Waals surface area contributed by atoms with Crippen LogP contribution in [-0.2, 0) is 22.4 Å². The van der Waals surface area contributed by atoms with Gasteiger partial charge in [0.1, 0.15) is 10.0 Å². The van der Waals surface area contributed by atoms with Crippen molar-refractivity contribution in [1.82, 2.24) is 9.97 Å². The summed E-state index contributed by atoms with van der Waals surface area (Å²) in [5.41, 5.74) is 2.82. The Labute approximate surface area is 145 Å². The molecule has 2 N–H and O–H groups in total. The standard InChI is InChI=1S/C16H12N2O4S2/c19-13(20)5-11-7-23-15(17-11)9-2-1-3-10(4-9)16-18-12(8-24-16)6-14(21)22/h1-4,7-8H,5-6H2,(H,19,20)(H,21,22). The lowest BCUT2D eigenvalue weighted by atomic mass is 10.1. The highest BCUT2D eigenvalue weighted by Crippen LogP contribution is 2.30. The Morgan fingerprint density at radius 1 is 0.875 bits per heavy atom. The molecule has 122 valence electrons. The van der Waals surface area contributed by atoms with Gasteiger partial charge in [0, 0.05) is 21.9 Å². The van der Waals surface area contributed by atoms with Gasteiger partial charge in [0.25, 0.3) is 0 Å². The summed E-state index contributed by atoms with van der Waals surface area (Å²) in [6.07, 6.45) is -0.192. The van der Waals surface area contributed by atoms with Gasteiger partial charge in [-0.05, 0) is 6.07 Å². The van der Waals surface area contributed by atoms with E-state index >= 15 is 0 Å². The van der Waals surface area contributed by atoms with Gasteiger partial charge in [-0.2, -0.15) is 0 Å². The average molecular weight is 360 g/mol. The maximum atomic E-state index is 10.7. The highest BCUT2D eigenvalue weighted by atomic mass is 32.1. The van der Waals surface area contributed by atoms with Crippen LogP contribution in [-0.4, -0.2) is 32.1 Å². The van der Waals surface area contributed by atoms with E-state index in [9.17, 15) is 9.59 Å². The van der Waals surface area contributed by atoms with Gasteiger partial charge in [0.05, 0.1) is 24.2 Å². The van der Waals surface area contributed by atoms with Gasteiger partial charge in [0.2, 0.25) is 0 Å². The molecule has 0 saturated heterocycles. The lowest BCUT2D eigenvalue weighted by Gasteiger charge is -2.00. The van der Waals surface area contributed by atoms with Gasteiger partial charge in [-0.3, -0.25) is 9.59 Å². The Morgan fingerprint density at radius 3 is 1.75 bits per heavy atom. The monoisotopic (exact) mass is 360 g/mol. The van der Waals surface area contributed by atoms with Gasteiger partial charge < -0.3 is 10.2 Å². The Hall–Kier alpha value is -2.58. The summed E-state index contributed by atoms with van der Waals surface area (Å²) in [4.78, 5) is 30.2. The van der Waals surface area contributed by atoms with Gasteiger partial charge in [-0.1, -0.05) is 18.2 Å². The molecular formula is C16H12N2O4S2. The molecule has 0 amide bonds. The number of hydrogen-bond donors (Lipinski definition) is 2. The van der Waals surface area contributed by atoms with Crippen LogP contribution in [0, 0.1) is 0 Å². The summed E-state index contributed by atoms with van der Waals surface area (Å²) in [5, 5.41) is 22.6. The van der Waals surface area contributed by atoms with Gasteiger partial charge in [-0.15, -0.1) is 22.7 Å². The van der Waals surface area contributed by atoms with E-state index in [0.29, 0.717) is 11.4 Å². The number of carbonyl (C=O) groups is 2. The molecule has 2 aromatic heterocycles. The summed E-state index contributed by atoms with van der Waals surface area (Å²) < 4.78 is 0. The lowest BCUT2D eigenvalue weighted by Crippen LogP contribution is -2.00. The first-order chi connectivity index (χ1) is 11.5. The molecule has 0 radical (unpaired) electrons. The van der Waals surface area contributed by atoms with Crippen molar-refractivity contribution in [2.45, 2.75) is 12.8 Å². The van der Waals surface area contributed by atoms with Crippen molar-refractivity contribution >= 4 is 34.6 Å². The first kappa shape index (κ1) is 16.3. The van der Waals surface area contributed by atoms with E-state index in [4.69, 9.17) is 10.2 Å². The molecule has 1 aromatic carbocycles. The summed E-state index contributed by atoms with van der Waals surface area (Å²) in [5.74, 6) is -1.82. The molecule has 0 aliphatic heterocycles. The first-order valence-electron chi connectivity index (χ1n) is 6.94. The van der Waals surface area contributed by atoms with Crippen LogP contribution in [0.5, 0.6) is 0 Å². The molecule has 0 fully saturated rings. The third kappa shape index (κ3) is 3.84. The van der Waals surface area contributed by atoms with E-state index in [1.165, 1.54) is 22.7 Å². The van der Waals surface area contributed by atoms with Crippen molar-refractivity contribution in [3.8, 4) is 21.1 Å². The predicted octanol–water partition coefficient (Wildman–Crippen LogP) is 3.19. The Morgan fingerprint density at radius 2 is 1.33 bits per heavy atom. The highest BCUT2D eigenvalue weighted by molar-refractivity contribution is 7.13. The van der Waals surface area contributed by atoms with Crippen LogP contribution in [0.4, 0.5) is 0 Å². The Bertz CT molecular complexity index is 831. The average Bonchev–Trinajstić information content (AvgIpc) is 3.16. The second-order valence-corrected chi connectivity index (χ2v) is 6.73. The number of hydrogen-bond acceptors (Lipinski definition) is 6. The molecular weight excluding hydrogens is 348 g/mol. The van der Waals surface area contributed by atoms with Crippen molar-refractivity contribution in [1.29, 1.82) is 0 Å². The second kappa shape index (κ2) is 6.90. The molecule has 2 heterocycles. The summed E-state index contributed by atoms with van der Waals surface area (Å²) in [6, 6.07) is 7.60. The van der Waals surface area contributed by atoms with Crippen molar-refractivity contribution in [3.05, 3.63) is 46.4 Å². The molecule has 0 atom stereocenters. The fourth-order valence-corrected chi connectivity index (χ4v) is 3.77. The van der Waals surface area contributed by atoms with E-state index < -0.39 is 11.9 Å². The Balaban J connectivity index is 1.86. The second-order valence-electron chi connectivity index (χ2n) is 5.01. The van der Waals surface area contributed by atoms with Gasteiger partial charge in [0.15, 0.2) is 0 Å². The lowest BCUT2D eigenvalue weighted by molar-refractivity contribution is -0.137. The molecule has 3 rings (SSSR count). The maximum Gasteiger partial charge on any atom is 0.309 e. The van der Waals surface area contributed by atoms with Gasteiger partial charge >= 0.3 is 11.9 Å². The zero-order valence-electron chi connectivity index (χ0n) is 12.3. The SMILES string of the molecule is O=C(O)Cc1csc(-c2cccc(-c3nc(CC(=O)O)cs3)c2)n1. The number of aliphatic carboxylic acids is 2. The number of benzene rings is 1. The summed E-state index contributed by atoms with van der Waals surface area (Å²) in [6.45, 7) is 0. The van der Waals surface area contributed by atoms with E-state index in [1.54, 1.807) is 10.8 Å². The number of carboxylic acid groups (broad SMARTS) is 2. The van der Waals surface area contributed by atoms with Crippen LogP contribution in [0.3, 0.4) is 0 Å². The third-order valence-electron chi connectivity index (χ3n) is 3.12. The van der Waals surface area contributed by atoms with Crippen molar-refractivity contribution in [2.75, 3.05) is 0 Å². The smallest absolute Gasteiger partial charge is 0.309 e. The number of carboxylic acids is 2. The van der Waals surface area contributed by atoms with E-state index in [2.05, 4.69) is 9.97 Å². The van der Waals surface area contributed by atoms with Crippen LogP contribution in [0.2, 0.25) is 0 Å². The number of aromatic nitrogens is 2. The fraction of sp³-hybridized carbons (Fsp3) is 0.125. The summed E-state index contributed by atoms with van der Waals surface area (Å²) in [7, 11) is 0. The molecule has 8 heteroatoms. The number of nitrogens with zero attached hydrogens (tertiary/aromatic N) is 2. The molecule has 0 saturated carbocycles. The molecule has 3 aromatic rings. The van der Waals surface area contributed by atoms with E-state index in [1.807, 2.05) is 24.3 Å². The van der Waals surface area contributed by atoms with Crippen molar-refractivity contribution < 1.29 is 19.8 Å². The largest absolute Gasteiger partial charge is 0.481 e. The molecule has 0 spiro atoms. The normalized spacial score (nSPS) is 10.7.